The highest BCUT2D eigenvalue weighted by atomic mass is 79.9. The van der Waals surface area contributed by atoms with Crippen LogP contribution in [0.1, 0.15) is 25.8 Å². The van der Waals surface area contributed by atoms with Crippen LogP contribution < -0.4 is 4.74 Å². The maximum atomic E-state index is 5.57. The number of halogens is 1. The van der Waals surface area contributed by atoms with E-state index in [1.165, 1.54) is 5.57 Å². The van der Waals surface area contributed by atoms with Crippen molar-refractivity contribution in [2.24, 2.45) is 0 Å². The molecule has 1 aromatic rings. The summed E-state index contributed by atoms with van der Waals surface area (Å²) < 4.78 is 5.57. The second-order valence-corrected chi connectivity index (χ2v) is 3.82. The molecule has 0 spiro atoms. The van der Waals surface area contributed by atoms with Crippen molar-refractivity contribution in [2.45, 2.75) is 20.3 Å². The number of ether oxygens (including phenoxy) is 1. The van der Waals surface area contributed by atoms with E-state index in [1.54, 1.807) is 0 Å². The van der Waals surface area contributed by atoms with E-state index in [1.807, 2.05) is 25.1 Å². The molecule has 1 aromatic carbocycles. The Morgan fingerprint density at radius 3 is 2.67 bits per heavy atom. The van der Waals surface area contributed by atoms with Crippen molar-refractivity contribution in [1.82, 2.24) is 0 Å². The van der Waals surface area contributed by atoms with E-state index in [0.717, 1.165) is 23.1 Å². The van der Waals surface area contributed by atoms with Crippen LogP contribution in [-0.2, 0) is 0 Å². The average molecular weight is 269 g/mol. The van der Waals surface area contributed by atoms with E-state index in [-0.39, 0.29) is 0 Å². The SMILES string of the molecule is CCOc1ccccc1C=C(CC)CBr. The van der Waals surface area contributed by atoms with Gasteiger partial charge in [-0.25, -0.2) is 0 Å². The number of allylic oxidation sites excluding steroid dienone is 1. The summed E-state index contributed by atoms with van der Waals surface area (Å²) in [7, 11) is 0. The fraction of sp³-hybridized carbons (Fsp3) is 0.385. The molecule has 0 aliphatic carbocycles. The van der Waals surface area contributed by atoms with Gasteiger partial charge in [-0.1, -0.05) is 52.7 Å². The molecule has 0 saturated heterocycles. The third-order valence-corrected chi connectivity index (χ3v) is 2.92. The molecular weight excluding hydrogens is 252 g/mol. The van der Waals surface area contributed by atoms with Crippen LogP contribution in [0.2, 0.25) is 0 Å². The summed E-state index contributed by atoms with van der Waals surface area (Å²) in [6, 6.07) is 8.14. The van der Waals surface area contributed by atoms with Gasteiger partial charge < -0.3 is 4.74 Å². The van der Waals surface area contributed by atoms with E-state index in [9.17, 15) is 0 Å². The lowest BCUT2D eigenvalue weighted by Crippen LogP contribution is -1.94. The molecule has 1 nitrogen and oxygen atoms in total. The highest BCUT2D eigenvalue weighted by Crippen LogP contribution is 2.22. The molecule has 0 heterocycles. The molecule has 0 N–H and O–H groups in total. The van der Waals surface area contributed by atoms with E-state index in [4.69, 9.17) is 4.74 Å². The molecule has 0 unspecified atom stereocenters. The lowest BCUT2D eigenvalue weighted by atomic mass is 10.1. The number of hydrogen-bond donors (Lipinski definition) is 0. The van der Waals surface area contributed by atoms with Crippen LogP contribution in [-0.4, -0.2) is 11.9 Å². The fourth-order valence-corrected chi connectivity index (χ4v) is 1.90. The Bertz CT molecular complexity index is 325. The van der Waals surface area contributed by atoms with Gasteiger partial charge in [0, 0.05) is 10.9 Å². The first-order valence-electron chi connectivity index (χ1n) is 5.29. The zero-order chi connectivity index (χ0) is 11.1. The van der Waals surface area contributed by atoms with E-state index >= 15 is 0 Å². The molecule has 0 atom stereocenters. The molecule has 0 bridgehead atoms. The number of para-hydroxylation sites is 1. The monoisotopic (exact) mass is 268 g/mol. The first-order chi connectivity index (χ1) is 7.31. The zero-order valence-corrected chi connectivity index (χ0v) is 10.9. The Hall–Kier alpha value is -0.760. The van der Waals surface area contributed by atoms with Gasteiger partial charge in [0.25, 0.3) is 0 Å². The predicted octanol–water partition coefficient (Wildman–Crippen LogP) is 4.27. The molecular formula is C13H17BrO. The minimum absolute atomic E-state index is 0.709. The van der Waals surface area contributed by atoms with Crippen LogP contribution >= 0.6 is 15.9 Å². The average Bonchev–Trinajstić information content (AvgIpc) is 2.28. The van der Waals surface area contributed by atoms with Crippen LogP contribution in [0.5, 0.6) is 5.75 Å². The van der Waals surface area contributed by atoms with Crippen molar-refractivity contribution in [3.63, 3.8) is 0 Å². The molecule has 0 aromatic heterocycles. The maximum absolute atomic E-state index is 5.57. The smallest absolute Gasteiger partial charge is 0.126 e. The minimum atomic E-state index is 0.709. The lowest BCUT2D eigenvalue weighted by Gasteiger charge is -2.07. The number of benzene rings is 1. The molecule has 0 aliphatic heterocycles. The predicted molar refractivity (Wildman–Crippen MR) is 69.7 cm³/mol. The van der Waals surface area contributed by atoms with Crippen molar-refractivity contribution in [3.8, 4) is 5.75 Å². The number of hydrogen-bond acceptors (Lipinski definition) is 1. The van der Waals surface area contributed by atoms with Crippen LogP contribution in [0.4, 0.5) is 0 Å². The number of alkyl halides is 1. The molecule has 82 valence electrons. The molecule has 15 heavy (non-hydrogen) atoms. The minimum Gasteiger partial charge on any atom is -0.493 e. The molecule has 0 saturated carbocycles. The Kier molecular flexibility index (Phi) is 5.48. The van der Waals surface area contributed by atoms with E-state index < -0.39 is 0 Å². The van der Waals surface area contributed by atoms with Gasteiger partial charge >= 0.3 is 0 Å². The van der Waals surface area contributed by atoms with Crippen molar-refractivity contribution in [1.29, 1.82) is 0 Å². The Labute approximate surface area is 100 Å². The summed E-state index contributed by atoms with van der Waals surface area (Å²) in [4.78, 5) is 0. The molecule has 0 radical (unpaired) electrons. The highest BCUT2D eigenvalue weighted by Gasteiger charge is 2.00. The van der Waals surface area contributed by atoms with Gasteiger partial charge in [0.05, 0.1) is 6.61 Å². The van der Waals surface area contributed by atoms with E-state index in [0.29, 0.717) is 6.61 Å². The van der Waals surface area contributed by atoms with Gasteiger partial charge in [0.15, 0.2) is 0 Å². The Morgan fingerprint density at radius 2 is 2.07 bits per heavy atom. The van der Waals surface area contributed by atoms with Gasteiger partial charge in [0.1, 0.15) is 5.75 Å². The van der Waals surface area contributed by atoms with Crippen LogP contribution in [0, 0.1) is 0 Å². The van der Waals surface area contributed by atoms with Gasteiger partial charge in [-0.05, 0) is 19.4 Å². The normalized spacial score (nSPS) is 11.5. The summed E-state index contributed by atoms with van der Waals surface area (Å²) in [6.45, 7) is 4.88. The van der Waals surface area contributed by atoms with Crippen LogP contribution in [0.25, 0.3) is 6.08 Å². The fourth-order valence-electron chi connectivity index (χ4n) is 1.34. The van der Waals surface area contributed by atoms with Crippen molar-refractivity contribution in [3.05, 3.63) is 35.4 Å². The van der Waals surface area contributed by atoms with Gasteiger partial charge in [-0.15, -0.1) is 0 Å². The van der Waals surface area contributed by atoms with Crippen LogP contribution in [0.3, 0.4) is 0 Å². The van der Waals surface area contributed by atoms with Crippen LogP contribution in [0.15, 0.2) is 29.8 Å². The second kappa shape index (κ2) is 6.67. The maximum Gasteiger partial charge on any atom is 0.126 e. The number of rotatable bonds is 5. The standard InChI is InChI=1S/C13H17BrO/c1-3-11(10-14)9-12-7-5-6-8-13(12)15-4-2/h5-9H,3-4,10H2,1-2H3. The lowest BCUT2D eigenvalue weighted by molar-refractivity contribution is 0.339. The first kappa shape index (κ1) is 12.3. The Morgan fingerprint density at radius 1 is 1.33 bits per heavy atom. The largest absolute Gasteiger partial charge is 0.493 e. The van der Waals surface area contributed by atoms with Crippen molar-refractivity contribution in [2.75, 3.05) is 11.9 Å². The molecule has 1 rings (SSSR count). The summed E-state index contributed by atoms with van der Waals surface area (Å²) in [5, 5.41) is 0.921. The van der Waals surface area contributed by atoms with Crippen molar-refractivity contribution >= 4 is 22.0 Å². The Balaban J connectivity index is 2.96. The first-order valence-corrected chi connectivity index (χ1v) is 6.41. The van der Waals surface area contributed by atoms with Gasteiger partial charge in [0.2, 0.25) is 0 Å². The van der Waals surface area contributed by atoms with Crippen molar-refractivity contribution < 1.29 is 4.74 Å². The summed E-state index contributed by atoms with van der Waals surface area (Å²) in [5.74, 6) is 0.965. The second-order valence-electron chi connectivity index (χ2n) is 3.26. The summed E-state index contributed by atoms with van der Waals surface area (Å²) in [6.07, 6.45) is 3.26. The topological polar surface area (TPSA) is 9.23 Å². The zero-order valence-electron chi connectivity index (χ0n) is 9.29. The molecule has 0 amide bonds. The third kappa shape index (κ3) is 3.71. The molecule has 0 aliphatic rings. The summed E-state index contributed by atoms with van der Waals surface area (Å²) >= 11 is 3.49. The van der Waals surface area contributed by atoms with E-state index in [2.05, 4.69) is 35.0 Å². The molecule has 0 fully saturated rings. The molecule has 2 heteroatoms. The van der Waals surface area contributed by atoms with Gasteiger partial charge in [-0.2, -0.15) is 0 Å². The quantitative estimate of drug-likeness (QED) is 0.725. The van der Waals surface area contributed by atoms with Gasteiger partial charge in [-0.3, -0.25) is 0 Å². The summed E-state index contributed by atoms with van der Waals surface area (Å²) in [5.41, 5.74) is 2.54. The third-order valence-electron chi connectivity index (χ3n) is 2.20. The highest BCUT2D eigenvalue weighted by molar-refractivity contribution is 9.09.